The van der Waals surface area contributed by atoms with E-state index in [0.29, 0.717) is 5.13 Å². The topological polar surface area (TPSA) is 42.1 Å². The molecule has 0 amide bonds. The molecule has 0 atom stereocenters. The second-order valence-corrected chi connectivity index (χ2v) is 6.79. The maximum absolute atomic E-state index is 5.67. The number of likely N-dealkylation sites (tertiary alicyclic amines) is 1. The van der Waals surface area contributed by atoms with Gasteiger partial charge in [0, 0.05) is 18.3 Å². The number of nitrogen functional groups attached to an aromatic ring is 1. The number of rotatable bonds is 5. The Balaban J connectivity index is 1.40. The van der Waals surface area contributed by atoms with Crippen LogP contribution in [0.25, 0.3) is 0 Å². The SMILES string of the molecule is Nc1nc(CCN2CCC(Cc3ccccc3)CC2)cs1. The summed E-state index contributed by atoms with van der Waals surface area (Å²) in [5.41, 5.74) is 8.30. The number of benzene rings is 1. The van der Waals surface area contributed by atoms with Crippen molar-refractivity contribution in [2.45, 2.75) is 25.7 Å². The van der Waals surface area contributed by atoms with E-state index in [-0.39, 0.29) is 0 Å². The lowest BCUT2D eigenvalue weighted by Gasteiger charge is -2.31. The Morgan fingerprint density at radius 3 is 2.62 bits per heavy atom. The van der Waals surface area contributed by atoms with Crippen LogP contribution in [0.1, 0.15) is 24.1 Å². The minimum atomic E-state index is 0.687. The summed E-state index contributed by atoms with van der Waals surface area (Å²) in [7, 11) is 0. The summed E-state index contributed by atoms with van der Waals surface area (Å²) in [6.45, 7) is 3.55. The van der Waals surface area contributed by atoms with E-state index in [9.17, 15) is 0 Å². The minimum absolute atomic E-state index is 0.687. The lowest BCUT2D eigenvalue weighted by atomic mass is 9.90. The van der Waals surface area contributed by atoms with Crippen LogP contribution in [0, 0.1) is 5.92 Å². The van der Waals surface area contributed by atoms with Gasteiger partial charge in [0.15, 0.2) is 5.13 Å². The predicted octanol–water partition coefficient (Wildman–Crippen LogP) is 3.22. The number of nitrogens with two attached hydrogens (primary N) is 1. The van der Waals surface area contributed by atoms with Gasteiger partial charge in [-0.05, 0) is 43.8 Å². The molecule has 3 nitrogen and oxygen atoms in total. The summed E-state index contributed by atoms with van der Waals surface area (Å²) in [6, 6.07) is 10.9. The van der Waals surface area contributed by atoms with Gasteiger partial charge in [0.05, 0.1) is 5.69 Å². The van der Waals surface area contributed by atoms with Gasteiger partial charge in [0.1, 0.15) is 0 Å². The van der Waals surface area contributed by atoms with Crippen LogP contribution in [0.4, 0.5) is 5.13 Å². The highest BCUT2D eigenvalue weighted by molar-refractivity contribution is 7.13. The Hall–Kier alpha value is -1.39. The molecular weight excluding hydrogens is 278 g/mol. The van der Waals surface area contributed by atoms with E-state index in [0.717, 1.165) is 24.6 Å². The first-order valence-corrected chi connectivity index (χ1v) is 8.64. The molecule has 1 aliphatic rings. The highest BCUT2D eigenvalue weighted by atomic mass is 32.1. The van der Waals surface area contributed by atoms with Crippen molar-refractivity contribution >= 4 is 16.5 Å². The Bertz CT molecular complexity index is 544. The van der Waals surface area contributed by atoms with Gasteiger partial charge in [-0.2, -0.15) is 0 Å². The highest BCUT2D eigenvalue weighted by Gasteiger charge is 2.19. The largest absolute Gasteiger partial charge is 0.375 e. The molecular formula is C17H23N3S. The quantitative estimate of drug-likeness (QED) is 0.922. The van der Waals surface area contributed by atoms with Crippen molar-refractivity contribution in [1.29, 1.82) is 0 Å². The third kappa shape index (κ3) is 4.29. The van der Waals surface area contributed by atoms with E-state index in [1.165, 1.54) is 37.9 Å². The van der Waals surface area contributed by atoms with Crippen molar-refractivity contribution in [3.8, 4) is 0 Å². The van der Waals surface area contributed by atoms with Gasteiger partial charge in [-0.3, -0.25) is 0 Å². The summed E-state index contributed by atoms with van der Waals surface area (Å²) >= 11 is 1.54. The zero-order chi connectivity index (χ0) is 14.5. The molecule has 1 aromatic heterocycles. The van der Waals surface area contributed by atoms with Crippen molar-refractivity contribution in [3.05, 3.63) is 47.0 Å². The average molecular weight is 301 g/mol. The standard InChI is InChI=1S/C17H23N3S/c18-17-19-16(13-21-17)8-11-20-9-6-15(7-10-20)12-14-4-2-1-3-5-14/h1-5,13,15H,6-12H2,(H2,18,19). The van der Waals surface area contributed by atoms with Crippen molar-refractivity contribution in [1.82, 2.24) is 9.88 Å². The molecule has 1 fully saturated rings. The van der Waals surface area contributed by atoms with Gasteiger partial charge in [0.2, 0.25) is 0 Å². The first kappa shape index (κ1) is 14.5. The van der Waals surface area contributed by atoms with Gasteiger partial charge in [-0.25, -0.2) is 4.98 Å². The van der Waals surface area contributed by atoms with Crippen LogP contribution in [-0.4, -0.2) is 29.5 Å². The fraction of sp³-hybridized carbons (Fsp3) is 0.471. The third-order valence-electron chi connectivity index (χ3n) is 4.33. The van der Waals surface area contributed by atoms with E-state index in [1.807, 2.05) is 0 Å². The summed E-state index contributed by atoms with van der Waals surface area (Å²) in [5.74, 6) is 0.846. The van der Waals surface area contributed by atoms with Crippen molar-refractivity contribution in [2.75, 3.05) is 25.4 Å². The molecule has 1 aliphatic heterocycles. The molecule has 2 heterocycles. The number of piperidine rings is 1. The van der Waals surface area contributed by atoms with Crippen LogP contribution >= 0.6 is 11.3 Å². The van der Waals surface area contributed by atoms with Crippen LogP contribution in [0.2, 0.25) is 0 Å². The Kier molecular flexibility index (Phi) is 4.88. The Morgan fingerprint density at radius 2 is 1.95 bits per heavy atom. The van der Waals surface area contributed by atoms with Crippen molar-refractivity contribution < 1.29 is 0 Å². The second-order valence-electron chi connectivity index (χ2n) is 5.90. The molecule has 0 spiro atoms. The highest BCUT2D eigenvalue weighted by Crippen LogP contribution is 2.22. The van der Waals surface area contributed by atoms with Gasteiger partial charge in [-0.1, -0.05) is 30.3 Å². The van der Waals surface area contributed by atoms with Crippen LogP contribution in [0.5, 0.6) is 0 Å². The maximum atomic E-state index is 5.67. The number of aromatic nitrogens is 1. The first-order valence-electron chi connectivity index (χ1n) is 7.76. The molecule has 1 saturated heterocycles. The average Bonchev–Trinajstić information content (AvgIpc) is 2.93. The number of hydrogen-bond acceptors (Lipinski definition) is 4. The van der Waals surface area contributed by atoms with E-state index in [4.69, 9.17) is 5.73 Å². The summed E-state index contributed by atoms with van der Waals surface area (Å²) < 4.78 is 0. The van der Waals surface area contributed by atoms with Gasteiger partial charge >= 0.3 is 0 Å². The van der Waals surface area contributed by atoms with Crippen LogP contribution in [0.3, 0.4) is 0 Å². The molecule has 21 heavy (non-hydrogen) atoms. The molecule has 1 aromatic carbocycles. The Morgan fingerprint density at radius 1 is 1.19 bits per heavy atom. The summed E-state index contributed by atoms with van der Waals surface area (Å²) in [4.78, 5) is 6.90. The van der Waals surface area contributed by atoms with Crippen molar-refractivity contribution in [3.63, 3.8) is 0 Å². The third-order valence-corrected chi connectivity index (χ3v) is 5.05. The lowest BCUT2D eigenvalue weighted by Crippen LogP contribution is -2.35. The predicted molar refractivity (Wildman–Crippen MR) is 89.5 cm³/mol. The lowest BCUT2D eigenvalue weighted by molar-refractivity contribution is 0.185. The zero-order valence-corrected chi connectivity index (χ0v) is 13.2. The molecule has 4 heteroatoms. The number of anilines is 1. The monoisotopic (exact) mass is 301 g/mol. The molecule has 0 saturated carbocycles. The minimum Gasteiger partial charge on any atom is -0.375 e. The van der Waals surface area contributed by atoms with E-state index in [1.54, 1.807) is 11.3 Å². The fourth-order valence-corrected chi connectivity index (χ4v) is 3.67. The molecule has 0 aliphatic carbocycles. The first-order chi connectivity index (χ1) is 10.3. The van der Waals surface area contributed by atoms with E-state index < -0.39 is 0 Å². The van der Waals surface area contributed by atoms with Gasteiger partial charge in [-0.15, -0.1) is 11.3 Å². The summed E-state index contributed by atoms with van der Waals surface area (Å²) in [6.07, 6.45) is 4.89. The molecule has 0 radical (unpaired) electrons. The number of nitrogens with zero attached hydrogens (tertiary/aromatic N) is 2. The van der Waals surface area contributed by atoms with Gasteiger partial charge < -0.3 is 10.6 Å². The Labute approximate surface area is 130 Å². The van der Waals surface area contributed by atoms with Gasteiger partial charge in [0.25, 0.3) is 0 Å². The molecule has 112 valence electrons. The molecule has 2 N–H and O–H groups in total. The van der Waals surface area contributed by atoms with Crippen molar-refractivity contribution in [2.24, 2.45) is 5.92 Å². The molecule has 3 rings (SSSR count). The van der Waals surface area contributed by atoms with Crippen LogP contribution < -0.4 is 5.73 Å². The van der Waals surface area contributed by atoms with Crippen LogP contribution in [-0.2, 0) is 12.8 Å². The molecule has 0 unspecified atom stereocenters. The summed E-state index contributed by atoms with van der Waals surface area (Å²) in [5, 5.41) is 2.77. The number of thiazole rings is 1. The van der Waals surface area contributed by atoms with E-state index >= 15 is 0 Å². The van der Waals surface area contributed by atoms with E-state index in [2.05, 4.69) is 45.6 Å². The molecule has 2 aromatic rings. The maximum Gasteiger partial charge on any atom is 0.180 e. The smallest absolute Gasteiger partial charge is 0.180 e. The zero-order valence-electron chi connectivity index (χ0n) is 12.4. The number of hydrogen-bond donors (Lipinski definition) is 1. The fourth-order valence-electron chi connectivity index (χ4n) is 3.07. The van der Waals surface area contributed by atoms with Crippen LogP contribution in [0.15, 0.2) is 35.7 Å². The normalized spacial score (nSPS) is 17.1. The second kappa shape index (κ2) is 7.05. The molecule has 0 bridgehead atoms.